The summed E-state index contributed by atoms with van der Waals surface area (Å²) in [6, 6.07) is 10.7. The molecule has 1 fully saturated rings. The summed E-state index contributed by atoms with van der Waals surface area (Å²) in [4.78, 5) is 34.9. The maximum atomic E-state index is 13.5. The Morgan fingerprint density at radius 3 is 2.35 bits per heavy atom. The van der Waals surface area contributed by atoms with Crippen LogP contribution < -0.4 is 25.0 Å². The lowest BCUT2D eigenvalue weighted by Gasteiger charge is -2.35. The minimum atomic E-state index is -0.539. The van der Waals surface area contributed by atoms with Crippen molar-refractivity contribution in [2.45, 2.75) is 6.92 Å². The van der Waals surface area contributed by atoms with E-state index in [2.05, 4.69) is 38.9 Å². The van der Waals surface area contributed by atoms with Crippen molar-refractivity contribution in [3.05, 3.63) is 76.6 Å². The van der Waals surface area contributed by atoms with Gasteiger partial charge in [-0.1, -0.05) is 36.7 Å². The number of likely N-dealkylation sites (N-methyl/N-ethyl adjacent to an activating group) is 1. The predicted molar refractivity (Wildman–Crippen MR) is 170 cm³/mol. The highest BCUT2D eigenvalue weighted by atomic mass is 35.5. The van der Waals surface area contributed by atoms with Gasteiger partial charge in [-0.05, 0) is 43.0 Å². The van der Waals surface area contributed by atoms with E-state index in [1.54, 1.807) is 12.1 Å². The molecule has 3 heterocycles. The second-order valence-corrected chi connectivity index (χ2v) is 10.6. The smallest absolute Gasteiger partial charge is 0.247 e. The molecule has 1 aliphatic rings. The number of aromatic nitrogens is 1. The first kappa shape index (κ1) is 30.2. The summed E-state index contributed by atoms with van der Waals surface area (Å²) >= 11 is 12.9. The second kappa shape index (κ2) is 12.9. The van der Waals surface area contributed by atoms with Crippen LogP contribution in [0.25, 0.3) is 11.0 Å². The van der Waals surface area contributed by atoms with E-state index in [9.17, 15) is 9.59 Å². The van der Waals surface area contributed by atoms with Crippen LogP contribution in [0.5, 0.6) is 11.5 Å². The first-order valence-electron chi connectivity index (χ1n) is 13.6. The molecule has 0 bridgehead atoms. The highest BCUT2D eigenvalue weighted by molar-refractivity contribution is 6.42. The largest absolute Gasteiger partial charge is 0.495 e. The van der Waals surface area contributed by atoms with E-state index in [1.807, 2.05) is 18.2 Å². The van der Waals surface area contributed by atoms with Crippen molar-refractivity contribution >= 4 is 68.7 Å². The van der Waals surface area contributed by atoms with Crippen molar-refractivity contribution in [1.29, 1.82) is 0 Å². The number of piperazine rings is 1. The predicted octanol–water partition coefficient (Wildman–Crippen LogP) is 6.39. The number of methoxy groups -OCH3 is 2. The molecule has 2 aromatic carbocycles. The summed E-state index contributed by atoms with van der Waals surface area (Å²) in [7, 11) is 2.86. The Hall–Kier alpha value is -4.25. The van der Waals surface area contributed by atoms with Crippen LogP contribution in [0.2, 0.25) is 10.0 Å². The molecule has 0 radical (unpaired) electrons. The van der Waals surface area contributed by atoms with Gasteiger partial charge in [0.25, 0.3) is 0 Å². The van der Waals surface area contributed by atoms with Gasteiger partial charge < -0.3 is 34.3 Å². The summed E-state index contributed by atoms with van der Waals surface area (Å²) < 4.78 is 16.4. The Morgan fingerprint density at radius 2 is 1.72 bits per heavy atom. The van der Waals surface area contributed by atoms with Gasteiger partial charge >= 0.3 is 0 Å². The van der Waals surface area contributed by atoms with Crippen molar-refractivity contribution in [2.24, 2.45) is 0 Å². The number of pyridine rings is 1. The van der Waals surface area contributed by atoms with Crippen LogP contribution in [0.3, 0.4) is 0 Å². The molecule has 43 heavy (non-hydrogen) atoms. The van der Waals surface area contributed by atoms with Crippen LogP contribution in [0, 0.1) is 0 Å². The van der Waals surface area contributed by atoms with Crippen LogP contribution in [0.15, 0.2) is 59.7 Å². The zero-order valence-electron chi connectivity index (χ0n) is 24.0. The standard InChI is InChI=1S/C31H31Cl2N5O5/c1-5-27(39)36-21-15-19(38-11-9-37(6-2)10-12-38)7-8-20(21)35-26-14-18-13-24(43-25(18)17-34-26)31(40)28-29(32)22(41-3)16-23(42-4)30(28)33/h5,7-8,13-17H,1,6,9-12H2,2-4H3,(H,34,35)(H,36,39). The number of anilines is 4. The van der Waals surface area contributed by atoms with Crippen molar-refractivity contribution in [1.82, 2.24) is 9.88 Å². The molecule has 1 saturated heterocycles. The number of ether oxygens (including phenoxy) is 2. The van der Waals surface area contributed by atoms with E-state index in [0.29, 0.717) is 28.2 Å². The van der Waals surface area contributed by atoms with E-state index in [0.717, 1.165) is 38.4 Å². The summed E-state index contributed by atoms with van der Waals surface area (Å²) in [5.74, 6) is 0.101. The second-order valence-electron chi connectivity index (χ2n) is 9.80. The average molecular weight is 625 g/mol. The SMILES string of the molecule is C=CC(=O)Nc1cc(N2CCN(CC)CC2)ccc1Nc1cc2cc(C(=O)c3c(Cl)c(OC)cc(OC)c3Cl)oc2cn1. The first-order valence-corrected chi connectivity index (χ1v) is 14.4. The number of amides is 1. The van der Waals surface area contributed by atoms with Gasteiger partial charge in [0.15, 0.2) is 11.3 Å². The van der Waals surface area contributed by atoms with E-state index >= 15 is 0 Å². The topological polar surface area (TPSA) is 109 Å². The minimum Gasteiger partial charge on any atom is -0.495 e. The third-order valence-corrected chi connectivity index (χ3v) is 8.07. The lowest BCUT2D eigenvalue weighted by molar-refractivity contribution is -0.111. The average Bonchev–Trinajstić information content (AvgIpc) is 3.45. The summed E-state index contributed by atoms with van der Waals surface area (Å²) in [5.41, 5.74) is 2.62. The number of nitrogens with zero attached hydrogens (tertiary/aromatic N) is 3. The molecule has 224 valence electrons. The molecule has 4 aromatic rings. The van der Waals surface area contributed by atoms with Crippen LogP contribution >= 0.6 is 23.2 Å². The quantitative estimate of drug-likeness (QED) is 0.153. The fraction of sp³-hybridized carbons (Fsp3) is 0.258. The van der Waals surface area contributed by atoms with Crippen LogP contribution in [0.4, 0.5) is 22.9 Å². The number of nitrogens with one attached hydrogen (secondary N) is 2. The van der Waals surface area contributed by atoms with E-state index in [1.165, 1.54) is 32.6 Å². The Bertz CT molecular complexity index is 1670. The number of carbonyl (C=O) groups is 2. The van der Waals surface area contributed by atoms with Crippen LogP contribution in [-0.2, 0) is 4.79 Å². The Balaban J connectivity index is 1.43. The number of ketones is 1. The van der Waals surface area contributed by atoms with Crippen molar-refractivity contribution in [3.63, 3.8) is 0 Å². The van der Waals surface area contributed by atoms with Gasteiger partial charge in [-0.2, -0.15) is 0 Å². The molecular formula is C31H31Cl2N5O5. The number of carbonyl (C=O) groups excluding carboxylic acids is 2. The lowest BCUT2D eigenvalue weighted by Crippen LogP contribution is -2.46. The molecule has 0 atom stereocenters. The fourth-order valence-corrected chi connectivity index (χ4v) is 5.59. The van der Waals surface area contributed by atoms with Gasteiger partial charge in [-0.15, -0.1) is 0 Å². The number of hydrogen-bond acceptors (Lipinski definition) is 9. The van der Waals surface area contributed by atoms with Crippen molar-refractivity contribution < 1.29 is 23.5 Å². The van der Waals surface area contributed by atoms with Gasteiger partial charge in [-0.25, -0.2) is 4.98 Å². The van der Waals surface area contributed by atoms with Crippen LogP contribution in [0.1, 0.15) is 23.0 Å². The number of hydrogen-bond donors (Lipinski definition) is 2. The van der Waals surface area contributed by atoms with Crippen molar-refractivity contribution in [2.75, 3.05) is 62.5 Å². The number of furan rings is 1. The molecular weight excluding hydrogens is 593 g/mol. The number of rotatable bonds is 10. The number of halogens is 2. The molecule has 2 N–H and O–H groups in total. The minimum absolute atomic E-state index is 0.00342. The lowest BCUT2D eigenvalue weighted by atomic mass is 10.1. The van der Waals surface area contributed by atoms with Gasteiger partial charge in [0.2, 0.25) is 11.7 Å². The van der Waals surface area contributed by atoms with Crippen molar-refractivity contribution in [3.8, 4) is 11.5 Å². The monoisotopic (exact) mass is 623 g/mol. The molecule has 0 spiro atoms. The van der Waals surface area contributed by atoms with E-state index in [4.69, 9.17) is 37.1 Å². The van der Waals surface area contributed by atoms with Crippen LogP contribution in [-0.4, -0.2) is 68.5 Å². The van der Waals surface area contributed by atoms with E-state index in [-0.39, 0.29) is 38.8 Å². The molecule has 0 aliphatic carbocycles. The Morgan fingerprint density at radius 1 is 1.02 bits per heavy atom. The zero-order valence-corrected chi connectivity index (χ0v) is 25.5. The fourth-order valence-electron chi connectivity index (χ4n) is 4.92. The zero-order chi connectivity index (χ0) is 30.7. The third kappa shape index (κ3) is 6.27. The summed E-state index contributed by atoms with van der Waals surface area (Å²) in [6.45, 7) is 10.5. The summed E-state index contributed by atoms with van der Waals surface area (Å²) in [5, 5.41) is 6.87. The molecule has 1 aliphatic heterocycles. The summed E-state index contributed by atoms with van der Waals surface area (Å²) in [6.07, 6.45) is 2.73. The molecule has 10 nitrogen and oxygen atoms in total. The first-order chi connectivity index (χ1) is 20.8. The molecule has 1 amide bonds. The molecule has 2 aromatic heterocycles. The maximum Gasteiger partial charge on any atom is 0.247 e. The molecule has 0 unspecified atom stereocenters. The normalized spacial score (nSPS) is 13.6. The highest BCUT2D eigenvalue weighted by Gasteiger charge is 2.26. The van der Waals surface area contributed by atoms with Gasteiger partial charge in [0.05, 0.1) is 47.4 Å². The number of benzene rings is 2. The molecule has 0 saturated carbocycles. The third-order valence-electron chi connectivity index (χ3n) is 7.32. The molecule has 5 rings (SSSR count). The highest BCUT2D eigenvalue weighted by Crippen LogP contribution is 2.42. The Labute approximate surface area is 259 Å². The molecule has 12 heteroatoms. The Kier molecular flexibility index (Phi) is 9.10. The van der Waals surface area contributed by atoms with Gasteiger partial charge in [0, 0.05) is 43.3 Å². The van der Waals surface area contributed by atoms with Gasteiger partial charge in [-0.3, -0.25) is 9.59 Å². The maximum absolute atomic E-state index is 13.5. The van der Waals surface area contributed by atoms with Gasteiger partial charge in [0.1, 0.15) is 17.3 Å². The number of fused-ring (bicyclic) bond motifs is 1. The van der Waals surface area contributed by atoms with E-state index < -0.39 is 5.78 Å².